The van der Waals surface area contributed by atoms with Gasteiger partial charge in [-0.3, -0.25) is 0 Å². The van der Waals surface area contributed by atoms with Crippen LogP contribution in [0.25, 0.3) is 22.3 Å². The lowest BCUT2D eigenvalue weighted by Crippen LogP contribution is -2.14. The topological polar surface area (TPSA) is 0 Å². The van der Waals surface area contributed by atoms with Crippen molar-refractivity contribution in [3.8, 4) is 22.3 Å². The average Bonchev–Trinajstić information content (AvgIpc) is 2.83. The Morgan fingerprint density at radius 2 is 1.29 bits per heavy atom. The molecule has 0 bridgehead atoms. The highest BCUT2D eigenvalue weighted by Gasteiger charge is 2.35. The van der Waals surface area contributed by atoms with Gasteiger partial charge in [-0.1, -0.05) is 88.4 Å². The highest BCUT2D eigenvalue weighted by molar-refractivity contribution is 5.84. The summed E-state index contributed by atoms with van der Waals surface area (Å²) in [6.45, 7) is 9.23. The second kappa shape index (κ2) is 5.34. The summed E-state index contributed by atoms with van der Waals surface area (Å²) in [5, 5.41) is 0. The first-order valence-electron chi connectivity index (χ1n) is 8.84. The van der Waals surface area contributed by atoms with Crippen molar-refractivity contribution in [2.45, 2.75) is 39.0 Å². The van der Waals surface area contributed by atoms with Gasteiger partial charge in [-0.2, -0.15) is 0 Å². The van der Waals surface area contributed by atoms with Crippen molar-refractivity contribution < 1.29 is 0 Å². The smallest absolute Gasteiger partial charge is 0.0159 e. The quantitative estimate of drug-likeness (QED) is 0.489. The summed E-state index contributed by atoms with van der Waals surface area (Å²) in [6, 6.07) is 24.7. The Balaban J connectivity index is 1.92. The standard InChI is InChI=1S/C24H24/c1-16(2)18-9-5-6-10-19(18)17-13-14-21-20-11-7-8-12-22(20)24(3,4)23(21)15-17/h5-16H,1-4H3. The zero-order valence-corrected chi connectivity index (χ0v) is 14.9. The van der Waals surface area contributed by atoms with Crippen LogP contribution in [-0.2, 0) is 5.41 Å². The summed E-state index contributed by atoms with van der Waals surface area (Å²) in [5.74, 6) is 0.527. The van der Waals surface area contributed by atoms with E-state index in [4.69, 9.17) is 0 Å². The number of hydrogen-bond acceptors (Lipinski definition) is 0. The molecule has 0 heteroatoms. The number of rotatable bonds is 2. The van der Waals surface area contributed by atoms with E-state index in [0.29, 0.717) is 5.92 Å². The van der Waals surface area contributed by atoms with Gasteiger partial charge in [0, 0.05) is 5.41 Å². The van der Waals surface area contributed by atoms with Crippen LogP contribution in [0.4, 0.5) is 0 Å². The number of fused-ring (bicyclic) bond motifs is 3. The van der Waals surface area contributed by atoms with E-state index in [1.165, 1.54) is 38.9 Å². The van der Waals surface area contributed by atoms with Gasteiger partial charge in [-0.05, 0) is 50.9 Å². The van der Waals surface area contributed by atoms with Crippen LogP contribution in [-0.4, -0.2) is 0 Å². The van der Waals surface area contributed by atoms with Crippen molar-refractivity contribution >= 4 is 0 Å². The third-order valence-corrected chi connectivity index (χ3v) is 5.48. The molecule has 3 aromatic rings. The molecular weight excluding hydrogens is 288 g/mol. The summed E-state index contributed by atoms with van der Waals surface area (Å²) in [7, 11) is 0. The molecule has 0 aromatic heterocycles. The fourth-order valence-corrected chi connectivity index (χ4v) is 4.14. The molecular formula is C24H24. The van der Waals surface area contributed by atoms with Gasteiger partial charge in [0.15, 0.2) is 0 Å². The van der Waals surface area contributed by atoms with Crippen LogP contribution < -0.4 is 0 Å². The third-order valence-electron chi connectivity index (χ3n) is 5.48. The summed E-state index contributed by atoms with van der Waals surface area (Å²) < 4.78 is 0. The first-order valence-corrected chi connectivity index (χ1v) is 8.84. The Morgan fingerprint density at radius 3 is 2.04 bits per heavy atom. The minimum atomic E-state index is 0.0642. The van der Waals surface area contributed by atoms with Crippen molar-refractivity contribution in [1.29, 1.82) is 0 Å². The second-order valence-corrected chi connectivity index (χ2v) is 7.67. The molecule has 0 unspecified atom stereocenters. The predicted octanol–water partition coefficient (Wildman–Crippen LogP) is 6.78. The number of benzene rings is 3. The van der Waals surface area contributed by atoms with E-state index in [9.17, 15) is 0 Å². The number of hydrogen-bond donors (Lipinski definition) is 0. The van der Waals surface area contributed by atoms with Crippen LogP contribution >= 0.6 is 0 Å². The molecule has 4 rings (SSSR count). The van der Waals surface area contributed by atoms with Gasteiger partial charge >= 0.3 is 0 Å². The largest absolute Gasteiger partial charge is 0.0619 e. The summed E-state index contributed by atoms with van der Waals surface area (Å²) >= 11 is 0. The second-order valence-electron chi connectivity index (χ2n) is 7.67. The molecule has 0 spiro atoms. The lowest BCUT2D eigenvalue weighted by atomic mass is 9.81. The summed E-state index contributed by atoms with van der Waals surface area (Å²) in [4.78, 5) is 0. The molecule has 3 aromatic carbocycles. The van der Waals surface area contributed by atoms with Crippen LogP contribution in [0.15, 0.2) is 66.7 Å². The summed E-state index contributed by atoms with van der Waals surface area (Å²) in [6.07, 6.45) is 0. The maximum absolute atomic E-state index is 2.41. The maximum Gasteiger partial charge on any atom is 0.0159 e. The van der Waals surface area contributed by atoms with E-state index in [1.54, 1.807) is 0 Å². The molecule has 0 radical (unpaired) electrons. The minimum absolute atomic E-state index is 0.0642. The molecule has 0 heterocycles. The minimum Gasteiger partial charge on any atom is -0.0619 e. The van der Waals surface area contributed by atoms with E-state index in [0.717, 1.165) is 0 Å². The Hall–Kier alpha value is -2.34. The van der Waals surface area contributed by atoms with E-state index in [2.05, 4.69) is 94.4 Å². The molecule has 1 aliphatic rings. The Labute approximate surface area is 145 Å². The van der Waals surface area contributed by atoms with Gasteiger partial charge in [-0.15, -0.1) is 0 Å². The first kappa shape index (κ1) is 15.2. The lowest BCUT2D eigenvalue weighted by molar-refractivity contribution is 0.660. The van der Waals surface area contributed by atoms with Crippen molar-refractivity contribution in [2.24, 2.45) is 0 Å². The van der Waals surface area contributed by atoms with Gasteiger partial charge in [-0.25, -0.2) is 0 Å². The monoisotopic (exact) mass is 312 g/mol. The third kappa shape index (κ3) is 2.13. The molecule has 0 aliphatic heterocycles. The van der Waals surface area contributed by atoms with Crippen molar-refractivity contribution in [3.63, 3.8) is 0 Å². The van der Waals surface area contributed by atoms with Gasteiger partial charge in [0.05, 0.1) is 0 Å². The molecule has 0 amide bonds. The van der Waals surface area contributed by atoms with Crippen LogP contribution in [0, 0.1) is 0 Å². The molecule has 24 heavy (non-hydrogen) atoms. The highest BCUT2D eigenvalue weighted by Crippen LogP contribution is 2.49. The van der Waals surface area contributed by atoms with Gasteiger partial charge in [0.1, 0.15) is 0 Å². The predicted molar refractivity (Wildman–Crippen MR) is 104 cm³/mol. The van der Waals surface area contributed by atoms with Crippen LogP contribution in [0.3, 0.4) is 0 Å². The first-order chi connectivity index (χ1) is 11.5. The van der Waals surface area contributed by atoms with Crippen molar-refractivity contribution in [3.05, 3.63) is 83.4 Å². The molecule has 1 aliphatic carbocycles. The summed E-state index contributed by atoms with van der Waals surface area (Å²) in [5.41, 5.74) is 9.85. The van der Waals surface area contributed by atoms with Gasteiger partial charge in [0.25, 0.3) is 0 Å². The Kier molecular flexibility index (Phi) is 3.38. The molecule has 0 fully saturated rings. The molecule has 0 N–H and O–H groups in total. The van der Waals surface area contributed by atoms with Crippen LogP contribution in [0.5, 0.6) is 0 Å². The fraction of sp³-hybridized carbons (Fsp3) is 0.250. The lowest BCUT2D eigenvalue weighted by Gasteiger charge is -2.22. The fourth-order valence-electron chi connectivity index (χ4n) is 4.14. The zero-order chi connectivity index (χ0) is 16.9. The normalized spacial score (nSPS) is 14.5. The van der Waals surface area contributed by atoms with Gasteiger partial charge < -0.3 is 0 Å². The highest BCUT2D eigenvalue weighted by atomic mass is 14.4. The Bertz CT molecular complexity index is 913. The van der Waals surface area contributed by atoms with Crippen LogP contribution in [0.1, 0.15) is 50.3 Å². The molecule has 0 atom stereocenters. The molecule has 0 saturated heterocycles. The van der Waals surface area contributed by atoms with Crippen molar-refractivity contribution in [2.75, 3.05) is 0 Å². The van der Waals surface area contributed by atoms with E-state index in [1.807, 2.05) is 0 Å². The van der Waals surface area contributed by atoms with Gasteiger partial charge in [0.2, 0.25) is 0 Å². The molecule has 0 saturated carbocycles. The maximum atomic E-state index is 2.41. The van der Waals surface area contributed by atoms with E-state index in [-0.39, 0.29) is 5.41 Å². The van der Waals surface area contributed by atoms with Crippen LogP contribution in [0.2, 0.25) is 0 Å². The molecule has 120 valence electrons. The molecule has 0 nitrogen and oxygen atoms in total. The SMILES string of the molecule is CC(C)c1ccccc1-c1ccc2c(c1)C(C)(C)c1ccccc1-2. The average molecular weight is 312 g/mol. The van der Waals surface area contributed by atoms with E-state index >= 15 is 0 Å². The van der Waals surface area contributed by atoms with E-state index < -0.39 is 0 Å². The zero-order valence-electron chi connectivity index (χ0n) is 14.9. The van der Waals surface area contributed by atoms with Crippen molar-refractivity contribution in [1.82, 2.24) is 0 Å². The Morgan fingerprint density at radius 1 is 0.667 bits per heavy atom.